The maximum Gasteiger partial charge on any atom is 1.00 e. The molecular formula is C30H16N4Na4O13S4. The minimum Gasteiger partial charge on any atom is -0.744 e. The van der Waals surface area contributed by atoms with Crippen molar-refractivity contribution >= 4 is 95.5 Å². The molecule has 262 valence electrons. The molecule has 0 spiro atoms. The van der Waals surface area contributed by atoms with Gasteiger partial charge in [-0.05, 0) is 65.4 Å². The summed E-state index contributed by atoms with van der Waals surface area (Å²) in [7, 11) is -20.6. The Morgan fingerprint density at radius 1 is 0.436 bits per heavy atom. The SMILES string of the molecule is O=S(=O)([O-])c1cc(S(=O)(=O)[O-])c2cc(N=Nc3ccc(N=Nc4c(O)c(S(=O)(=O)[O-])cc5cc(S(=O)(=O)[O-])ccc45)c4ccccc34)ccc2c1.[Na+].[Na+].[Na+].[Na+]. The van der Waals surface area contributed by atoms with E-state index in [1.165, 1.54) is 24.3 Å². The van der Waals surface area contributed by atoms with E-state index in [4.69, 9.17) is 0 Å². The maximum absolute atomic E-state index is 11.9. The Balaban J connectivity index is 0.00000261. The summed E-state index contributed by atoms with van der Waals surface area (Å²) in [6.45, 7) is 0. The van der Waals surface area contributed by atoms with Gasteiger partial charge in [0.15, 0.2) is 5.75 Å². The summed E-state index contributed by atoms with van der Waals surface area (Å²) >= 11 is 0. The van der Waals surface area contributed by atoms with Gasteiger partial charge in [-0.2, -0.15) is 5.11 Å². The fraction of sp³-hybridized carbons (Fsp3) is 0. The van der Waals surface area contributed by atoms with Gasteiger partial charge in [0.25, 0.3) is 0 Å². The van der Waals surface area contributed by atoms with Crippen molar-refractivity contribution in [1.82, 2.24) is 0 Å². The Morgan fingerprint density at radius 2 is 0.964 bits per heavy atom. The van der Waals surface area contributed by atoms with Crippen molar-refractivity contribution in [3.63, 3.8) is 0 Å². The zero-order chi connectivity index (χ0) is 37.1. The first-order valence-electron chi connectivity index (χ1n) is 13.8. The molecule has 6 aromatic rings. The van der Waals surface area contributed by atoms with Gasteiger partial charge in [-0.3, -0.25) is 0 Å². The van der Waals surface area contributed by atoms with E-state index < -0.39 is 71.5 Å². The van der Waals surface area contributed by atoms with E-state index in [1.807, 2.05) is 0 Å². The second kappa shape index (κ2) is 18.8. The molecule has 17 nitrogen and oxygen atoms in total. The van der Waals surface area contributed by atoms with Crippen molar-refractivity contribution in [2.24, 2.45) is 20.5 Å². The van der Waals surface area contributed by atoms with Crippen molar-refractivity contribution in [1.29, 1.82) is 0 Å². The second-order valence-electron chi connectivity index (χ2n) is 10.6. The molecule has 0 saturated heterocycles. The summed E-state index contributed by atoms with van der Waals surface area (Å²) in [5.41, 5.74) is -0.0820. The number of phenolic OH excluding ortho intramolecular Hbond substituents is 1. The number of fused-ring (bicyclic) bond motifs is 3. The molecule has 0 bridgehead atoms. The van der Waals surface area contributed by atoms with Crippen LogP contribution < -0.4 is 118 Å². The average Bonchev–Trinajstić information content (AvgIpc) is 3.04. The number of rotatable bonds is 8. The first-order chi connectivity index (χ1) is 23.7. The Labute approximate surface area is 401 Å². The van der Waals surface area contributed by atoms with Crippen LogP contribution in [0, 0.1) is 0 Å². The summed E-state index contributed by atoms with van der Waals surface area (Å²) in [6, 6.07) is 18.0. The summed E-state index contributed by atoms with van der Waals surface area (Å²) < 4.78 is 141. The van der Waals surface area contributed by atoms with Crippen LogP contribution in [0.25, 0.3) is 32.3 Å². The third-order valence-corrected chi connectivity index (χ3v) is 10.8. The molecule has 0 aliphatic carbocycles. The van der Waals surface area contributed by atoms with Crippen molar-refractivity contribution in [3.05, 3.63) is 91.0 Å². The number of hydrogen-bond acceptors (Lipinski definition) is 17. The maximum atomic E-state index is 11.9. The third-order valence-electron chi connectivity index (χ3n) is 7.42. The molecule has 6 aromatic carbocycles. The molecule has 0 atom stereocenters. The van der Waals surface area contributed by atoms with Gasteiger partial charge in [-0.25, -0.2) is 33.7 Å². The first kappa shape index (κ1) is 49.9. The Hall–Kier alpha value is -1.26. The fourth-order valence-corrected chi connectivity index (χ4v) is 7.57. The van der Waals surface area contributed by atoms with E-state index in [1.54, 1.807) is 24.3 Å². The number of aromatic hydroxyl groups is 1. The summed E-state index contributed by atoms with van der Waals surface area (Å²) in [4.78, 5) is -3.70. The molecule has 0 amide bonds. The van der Waals surface area contributed by atoms with Crippen molar-refractivity contribution in [2.75, 3.05) is 0 Å². The predicted octanol–water partition coefficient (Wildman–Crippen LogP) is -6.68. The third kappa shape index (κ3) is 11.1. The number of azo groups is 2. The van der Waals surface area contributed by atoms with Crippen molar-refractivity contribution in [3.8, 4) is 5.75 Å². The summed E-state index contributed by atoms with van der Waals surface area (Å²) in [5.74, 6) is -1.07. The van der Waals surface area contributed by atoms with E-state index in [-0.39, 0.29) is 157 Å². The van der Waals surface area contributed by atoms with E-state index in [0.717, 1.165) is 30.3 Å². The zero-order valence-corrected chi connectivity index (χ0v) is 40.2. The molecule has 1 N–H and O–H groups in total. The van der Waals surface area contributed by atoms with Crippen LogP contribution in [0.1, 0.15) is 0 Å². The number of phenols is 1. The molecule has 0 heterocycles. The van der Waals surface area contributed by atoms with Crippen LogP contribution in [-0.2, 0) is 40.5 Å². The van der Waals surface area contributed by atoms with Gasteiger partial charge in [-0.15, -0.1) is 15.3 Å². The van der Waals surface area contributed by atoms with E-state index in [0.29, 0.717) is 22.9 Å². The molecule has 0 radical (unpaired) electrons. The van der Waals surface area contributed by atoms with Crippen molar-refractivity contribution in [2.45, 2.75) is 19.6 Å². The van der Waals surface area contributed by atoms with Crippen LogP contribution in [0.4, 0.5) is 22.7 Å². The fourth-order valence-electron chi connectivity index (χ4n) is 5.13. The van der Waals surface area contributed by atoms with Crippen LogP contribution in [-0.4, -0.2) is 57.0 Å². The number of nitrogens with zero attached hydrogens (tertiary/aromatic N) is 4. The number of hydrogen-bond donors (Lipinski definition) is 1. The van der Waals surface area contributed by atoms with Crippen LogP contribution in [0.5, 0.6) is 5.75 Å². The predicted molar refractivity (Wildman–Crippen MR) is 174 cm³/mol. The van der Waals surface area contributed by atoms with E-state index in [2.05, 4.69) is 20.5 Å². The monoisotopic (exact) mass is 860 g/mol. The normalized spacial score (nSPS) is 12.3. The Kier molecular flexibility index (Phi) is 17.0. The number of benzene rings is 6. The average molecular weight is 861 g/mol. The van der Waals surface area contributed by atoms with E-state index >= 15 is 0 Å². The molecule has 55 heavy (non-hydrogen) atoms. The molecule has 0 saturated carbocycles. The summed E-state index contributed by atoms with van der Waals surface area (Å²) in [6.07, 6.45) is 0. The van der Waals surface area contributed by atoms with Gasteiger partial charge in [0.05, 0.1) is 36.6 Å². The van der Waals surface area contributed by atoms with Crippen LogP contribution in [0.15, 0.2) is 131 Å². The van der Waals surface area contributed by atoms with Crippen LogP contribution in [0.3, 0.4) is 0 Å². The van der Waals surface area contributed by atoms with Gasteiger partial charge in [0.1, 0.15) is 46.2 Å². The molecular weight excluding hydrogens is 845 g/mol. The Bertz CT molecular complexity index is 3010. The van der Waals surface area contributed by atoms with E-state index in [9.17, 15) is 57.0 Å². The van der Waals surface area contributed by atoms with Gasteiger partial charge in [-0.1, -0.05) is 36.4 Å². The molecule has 25 heteroatoms. The minimum absolute atomic E-state index is 0. The molecule has 0 fully saturated rings. The second-order valence-corrected chi connectivity index (χ2v) is 16.1. The quantitative estimate of drug-likeness (QED) is 0.0847. The molecule has 6 rings (SSSR count). The Morgan fingerprint density at radius 3 is 1.49 bits per heavy atom. The molecule has 0 aromatic heterocycles. The van der Waals surface area contributed by atoms with Crippen LogP contribution >= 0.6 is 0 Å². The smallest absolute Gasteiger partial charge is 0.744 e. The van der Waals surface area contributed by atoms with Gasteiger partial charge >= 0.3 is 118 Å². The van der Waals surface area contributed by atoms with Gasteiger partial charge in [0.2, 0.25) is 0 Å². The van der Waals surface area contributed by atoms with Gasteiger partial charge in [0, 0.05) is 21.5 Å². The molecule has 0 aliphatic heterocycles. The first-order valence-corrected chi connectivity index (χ1v) is 19.4. The standard InChI is InChI=1S/C30H20N4O13S4.4Na/c35-30-28(51(45,46)47)13-17-12-19(48(36,37)38)7-8-21(17)29(30)34-33-26-10-9-25(22-3-1-2-4-23(22)26)32-31-18-6-5-16-11-20(49(39,40)41)15-27(24(16)14-18)50(42,43)44;;;;/h1-15,35H,(H,36,37,38)(H,39,40,41)(H,42,43,44)(H,45,46,47);;;;/q;4*+1/p-4. The molecule has 0 aliphatic rings. The van der Waals surface area contributed by atoms with Crippen molar-refractivity contribution < 1.29 is 175 Å². The zero-order valence-electron chi connectivity index (χ0n) is 28.9. The molecule has 0 unspecified atom stereocenters. The minimum atomic E-state index is -5.31. The van der Waals surface area contributed by atoms with Crippen LogP contribution in [0.2, 0.25) is 0 Å². The largest absolute Gasteiger partial charge is 1.00 e. The van der Waals surface area contributed by atoms with Gasteiger partial charge < -0.3 is 23.3 Å². The topological polar surface area (TPSA) is 298 Å². The summed E-state index contributed by atoms with van der Waals surface area (Å²) in [5, 5.41) is 27.5.